The maximum absolute atomic E-state index is 12.4. The molecule has 0 aliphatic heterocycles. The predicted molar refractivity (Wildman–Crippen MR) is 87.5 cm³/mol. The van der Waals surface area contributed by atoms with Crippen LogP contribution >= 0.6 is 0 Å². The van der Waals surface area contributed by atoms with Gasteiger partial charge in [-0.2, -0.15) is 0 Å². The third-order valence-electron chi connectivity index (χ3n) is 4.41. The van der Waals surface area contributed by atoms with Crippen molar-refractivity contribution in [1.82, 2.24) is 10.8 Å². The second-order valence-electron chi connectivity index (χ2n) is 6.03. The van der Waals surface area contributed by atoms with Gasteiger partial charge in [-0.25, -0.2) is 5.48 Å². The maximum atomic E-state index is 12.4. The van der Waals surface area contributed by atoms with Crippen LogP contribution in [0.4, 0.5) is 0 Å². The Kier molecular flexibility index (Phi) is 4.57. The van der Waals surface area contributed by atoms with Gasteiger partial charge in [0.2, 0.25) is 0 Å². The number of hydrogen-bond donors (Lipinski definition) is 3. The highest BCUT2D eigenvalue weighted by atomic mass is 16.5. The first-order chi connectivity index (χ1) is 11.2. The van der Waals surface area contributed by atoms with E-state index in [4.69, 9.17) is 5.21 Å². The first kappa shape index (κ1) is 15.5. The summed E-state index contributed by atoms with van der Waals surface area (Å²) in [4.78, 5) is 23.8. The number of benzene rings is 2. The van der Waals surface area contributed by atoms with Crippen LogP contribution in [0.3, 0.4) is 0 Å². The molecule has 0 heterocycles. The lowest BCUT2D eigenvalue weighted by atomic mass is 9.95. The van der Waals surface area contributed by atoms with Crippen LogP contribution in [-0.2, 0) is 0 Å². The van der Waals surface area contributed by atoms with Crippen molar-refractivity contribution >= 4 is 22.6 Å². The van der Waals surface area contributed by atoms with Crippen LogP contribution in [0.1, 0.15) is 52.8 Å². The molecule has 0 spiro atoms. The first-order valence-corrected chi connectivity index (χ1v) is 7.96. The van der Waals surface area contributed by atoms with E-state index in [9.17, 15) is 9.59 Å². The number of carbonyl (C=O) groups is 2. The van der Waals surface area contributed by atoms with Crippen molar-refractivity contribution in [3.8, 4) is 0 Å². The summed E-state index contributed by atoms with van der Waals surface area (Å²) < 4.78 is 0. The minimum atomic E-state index is -0.550. The van der Waals surface area contributed by atoms with E-state index in [1.807, 2.05) is 12.1 Å². The van der Waals surface area contributed by atoms with Gasteiger partial charge in [-0.1, -0.05) is 31.4 Å². The lowest BCUT2D eigenvalue weighted by Crippen LogP contribution is -2.36. The first-order valence-electron chi connectivity index (χ1n) is 7.96. The molecule has 3 N–H and O–H groups in total. The van der Waals surface area contributed by atoms with E-state index in [1.54, 1.807) is 29.7 Å². The van der Waals surface area contributed by atoms with Crippen molar-refractivity contribution in [3.63, 3.8) is 0 Å². The normalized spacial score (nSPS) is 15.3. The zero-order valence-corrected chi connectivity index (χ0v) is 12.8. The van der Waals surface area contributed by atoms with Crippen LogP contribution in [-0.4, -0.2) is 23.1 Å². The average molecular weight is 312 g/mol. The second-order valence-corrected chi connectivity index (χ2v) is 6.03. The van der Waals surface area contributed by atoms with E-state index < -0.39 is 5.91 Å². The van der Waals surface area contributed by atoms with E-state index >= 15 is 0 Å². The molecule has 2 amide bonds. The number of fused-ring (bicyclic) bond motifs is 1. The Labute approximate surface area is 134 Å². The number of rotatable bonds is 3. The monoisotopic (exact) mass is 312 g/mol. The second kappa shape index (κ2) is 6.79. The molecule has 3 rings (SSSR count). The Morgan fingerprint density at radius 1 is 0.870 bits per heavy atom. The van der Waals surface area contributed by atoms with Crippen LogP contribution in [0.15, 0.2) is 36.4 Å². The zero-order valence-electron chi connectivity index (χ0n) is 12.8. The van der Waals surface area contributed by atoms with E-state index in [-0.39, 0.29) is 11.9 Å². The summed E-state index contributed by atoms with van der Waals surface area (Å²) in [6.45, 7) is 0. The van der Waals surface area contributed by atoms with Gasteiger partial charge in [0.1, 0.15) is 0 Å². The fourth-order valence-corrected chi connectivity index (χ4v) is 3.11. The van der Waals surface area contributed by atoms with Crippen LogP contribution in [0.5, 0.6) is 0 Å². The molecule has 5 heteroatoms. The highest BCUT2D eigenvalue weighted by Crippen LogP contribution is 2.20. The molecule has 0 radical (unpaired) electrons. The van der Waals surface area contributed by atoms with Gasteiger partial charge in [0.05, 0.1) is 0 Å². The standard InChI is InChI=1S/C18H20N2O3/c21-17(19-16-4-2-1-3-5-16)14-8-6-13-11-15(18(22)20-23)9-7-12(13)10-14/h6-11,16,23H,1-5H2,(H,19,21)(H,20,22). The molecule has 1 aliphatic rings. The Morgan fingerprint density at radius 3 is 2.00 bits per heavy atom. The molecule has 23 heavy (non-hydrogen) atoms. The third kappa shape index (κ3) is 3.51. The number of nitrogens with one attached hydrogen (secondary N) is 2. The maximum Gasteiger partial charge on any atom is 0.274 e. The van der Waals surface area contributed by atoms with Crippen LogP contribution in [0.2, 0.25) is 0 Å². The van der Waals surface area contributed by atoms with Crippen molar-refractivity contribution in [2.45, 2.75) is 38.1 Å². The Hall–Kier alpha value is -2.40. The van der Waals surface area contributed by atoms with E-state index in [0.29, 0.717) is 11.1 Å². The number of amides is 2. The van der Waals surface area contributed by atoms with Crippen LogP contribution < -0.4 is 10.8 Å². The van der Waals surface area contributed by atoms with Gasteiger partial charge in [0.25, 0.3) is 11.8 Å². The largest absolute Gasteiger partial charge is 0.349 e. The van der Waals surface area contributed by atoms with Crippen molar-refractivity contribution < 1.29 is 14.8 Å². The van der Waals surface area contributed by atoms with Crippen molar-refractivity contribution in [2.75, 3.05) is 0 Å². The molecular formula is C18H20N2O3. The molecule has 5 nitrogen and oxygen atoms in total. The van der Waals surface area contributed by atoms with E-state index in [0.717, 1.165) is 23.6 Å². The number of hydrogen-bond acceptors (Lipinski definition) is 3. The Morgan fingerprint density at radius 2 is 1.43 bits per heavy atom. The fraction of sp³-hybridized carbons (Fsp3) is 0.333. The van der Waals surface area contributed by atoms with Gasteiger partial charge in [-0.15, -0.1) is 0 Å². The summed E-state index contributed by atoms with van der Waals surface area (Å²) in [6.07, 6.45) is 5.72. The van der Waals surface area contributed by atoms with Gasteiger partial charge < -0.3 is 5.32 Å². The highest BCUT2D eigenvalue weighted by molar-refractivity contribution is 6.01. The molecule has 1 saturated carbocycles. The molecule has 0 bridgehead atoms. The molecule has 1 aliphatic carbocycles. The Balaban J connectivity index is 1.79. The summed E-state index contributed by atoms with van der Waals surface area (Å²) in [7, 11) is 0. The lowest BCUT2D eigenvalue weighted by molar-refractivity contribution is 0.0706. The van der Waals surface area contributed by atoms with Gasteiger partial charge in [-0.05, 0) is 47.9 Å². The summed E-state index contributed by atoms with van der Waals surface area (Å²) in [5.74, 6) is -0.595. The lowest BCUT2D eigenvalue weighted by Gasteiger charge is -2.22. The summed E-state index contributed by atoms with van der Waals surface area (Å²) in [5.41, 5.74) is 2.62. The van der Waals surface area contributed by atoms with E-state index in [2.05, 4.69) is 5.32 Å². The molecule has 2 aromatic rings. The smallest absolute Gasteiger partial charge is 0.274 e. The van der Waals surface area contributed by atoms with Gasteiger partial charge in [-0.3, -0.25) is 14.8 Å². The molecule has 1 fully saturated rings. The predicted octanol–water partition coefficient (Wildman–Crippen LogP) is 3.02. The molecule has 120 valence electrons. The number of hydroxylamine groups is 1. The van der Waals surface area contributed by atoms with Gasteiger partial charge >= 0.3 is 0 Å². The minimum Gasteiger partial charge on any atom is -0.349 e. The highest BCUT2D eigenvalue weighted by Gasteiger charge is 2.16. The average Bonchev–Trinajstić information content (AvgIpc) is 2.61. The Bertz CT molecular complexity index is 736. The van der Waals surface area contributed by atoms with Crippen molar-refractivity contribution in [3.05, 3.63) is 47.5 Å². The number of carbonyl (C=O) groups excluding carboxylic acids is 2. The van der Waals surface area contributed by atoms with E-state index in [1.165, 1.54) is 19.3 Å². The minimum absolute atomic E-state index is 0.0454. The SMILES string of the molecule is O=C(NO)c1ccc2cc(C(=O)NC3CCCCC3)ccc2c1. The molecule has 0 saturated heterocycles. The summed E-state index contributed by atoms with van der Waals surface area (Å²) in [6, 6.07) is 10.8. The molecular weight excluding hydrogens is 292 g/mol. The van der Waals surface area contributed by atoms with Crippen molar-refractivity contribution in [1.29, 1.82) is 0 Å². The molecule has 0 unspecified atom stereocenters. The van der Waals surface area contributed by atoms with Crippen molar-refractivity contribution in [2.24, 2.45) is 0 Å². The summed E-state index contributed by atoms with van der Waals surface area (Å²) >= 11 is 0. The van der Waals surface area contributed by atoms with Crippen LogP contribution in [0.25, 0.3) is 10.8 Å². The van der Waals surface area contributed by atoms with Crippen LogP contribution in [0, 0.1) is 0 Å². The quantitative estimate of drug-likeness (QED) is 0.602. The molecule has 0 atom stereocenters. The molecule has 2 aromatic carbocycles. The van der Waals surface area contributed by atoms with Gasteiger partial charge in [0.15, 0.2) is 0 Å². The summed E-state index contributed by atoms with van der Waals surface area (Å²) in [5, 5.41) is 13.5. The fourth-order valence-electron chi connectivity index (χ4n) is 3.11. The molecule has 0 aromatic heterocycles. The third-order valence-corrected chi connectivity index (χ3v) is 4.41. The topological polar surface area (TPSA) is 78.4 Å². The zero-order chi connectivity index (χ0) is 16.2. The van der Waals surface area contributed by atoms with Gasteiger partial charge in [0, 0.05) is 17.2 Å².